The molecule has 114 valence electrons. The summed E-state index contributed by atoms with van der Waals surface area (Å²) in [4.78, 5) is 8.34. The molecule has 0 bridgehead atoms. The smallest absolute Gasteiger partial charge is 0.0794 e. The molecule has 1 saturated heterocycles. The highest BCUT2D eigenvalue weighted by atomic mass is 32.1. The highest BCUT2D eigenvalue weighted by Gasteiger charge is 2.39. The standard InChI is InChI=1S/C16H29N3S/c1-5-13(4)15-10-19(9-14-8-17-12-20-14)16(6-2,7-3)11-18-15/h8,12-13,15,18H,5-7,9-11H2,1-4H3. The van der Waals surface area contributed by atoms with E-state index in [1.807, 2.05) is 11.7 Å². The van der Waals surface area contributed by atoms with Gasteiger partial charge in [0.2, 0.25) is 0 Å². The summed E-state index contributed by atoms with van der Waals surface area (Å²) in [5.41, 5.74) is 2.26. The highest BCUT2D eigenvalue weighted by molar-refractivity contribution is 7.09. The van der Waals surface area contributed by atoms with Crippen molar-refractivity contribution in [3.63, 3.8) is 0 Å². The number of hydrogen-bond acceptors (Lipinski definition) is 4. The van der Waals surface area contributed by atoms with Crippen molar-refractivity contribution in [2.24, 2.45) is 5.92 Å². The molecule has 0 saturated carbocycles. The molecule has 2 rings (SSSR count). The largest absolute Gasteiger partial charge is 0.311 e. The van der Waals surface area contributed by atoms with E-state index in [0.717, 1.165) is 25.6 Å². The lowest BCUT2D eigenvalue weighted by atomic mass is 9.84. The van der Waals surface area contributed by atoms with Crippen LogP contribution in [0.3, 0.4) is 0 Å². The zero-order chi connectivity index (χ0) is 14.6. The lowest BCUT2D eigenvalue weighted by Crippen LogP contribution is -2.65. The van der Waals surface area contributed by atoms with Crippen LogP contribution in [0.5, 0.6) is 0 Å². The summed E-state index contributed by atoms with van der Waals surface area (Å²) < 4.78 is 0. The second kappa shape index (κ2) is 7.01. The van der Waals surface area contributed by atoms with Gasteiger partial charge < -0.3 is 5.32 Å². The maximum absolute atomic E-state index is 4.23. The van der Waals surface area contributed by atoms with Crippen LogP contribution in [0.15, 0.2) is 11.7 Å². The van der Waals surface area contributed by atoms with Crippen LogP contribution in [0.2, 0.25) is 0 Å². The van der Waals surface area contributed by atoms with E-state index in [0.29, 0.717) is 11.6 Å². The van der Waals surface area contributed by atoms with Gasteiger partial charge in [-0.15, -0.1) is 11.3 Å². The zero-order valence-electron chi connectivity index (χ0n) is 13.4. The van der Waals surface area contributed by atoms with Gasteiger partial charge in [0.1, 0.15) is 0 Å². The molecule has 1 aliphatic rings. The molecule has 1 fully saturated rings. The second-order valence-electron chi connectivity index (χ2n) is 6.15. The van der Waals surface area contributed by atoms with Gasteiger partial charge in [-0.2, -0.15) is 0 Å². The second-order valence-corrected chi connectivity index (χ2v) is 7.12. The van der Waals surface area contributed by atoms with Gasteiger partial charge in [-0.3, -0.25) is 9.88 Å². The molecule has 0 aromatic carbocycles. The van der Waals surface area contributed by atoms with E-state index in [1.165, 1.54) is 24.1 Å². The molecule has 0 amide bonds. The minimum Gasteiger partial charge on any atom is -0.311 e. The van der Waals surface area contributed by atoms with E-state index in [1.54, 1.807) is 11.3 Å². The number of rotatable bonds is 6. The fraction of sp³-hybridized carbons (Fsp3) is 0.812. The third kappa shape index (κ3) is 3.23. The molecular weight excluding hydrogens is 266 g/mol. The van der Waals surface area contributed by atoms with Crippen LogP contribution in [0, 0.1) is 5.92 Å². The summed E-state index contributed by atoms with van der Waals surface area (Å²) in [5, 5.41) is 3.82. The van der Waals surface area contributed by atoms with Crippen LogP contribution in [0.25, 0.3) is 0 Å². The van der Waals surface area contributed by atoms with Gasteiger partial charge in [-0.25, -0.2) is 0 Å². The van der Waals surface area contributed by atoms with E-state index in [-0.39, 0.29) is 0 Å². The number of piperazine rings is 1. The Hall–Kier alpha value is -0.450. The molecule has 3 nitrogen and oxygen atoms in total. The maximum Gasteiger partial charge on any atom is 0.0794 e. The van der Waals surface area contributed by atoms with Crippen molar-refractivity contribution in [1.29, 1.82) is 0 Å². The molecule has 2 unspecified atom stereocenters. The zero-order valence-corrected chi connectivity index (χ0v) is 14.2. The molecule has 2 heterocycles. The summed E-state index contributed by atoms with van der Waals surface area (Å²) in [6.45, 7) is 12.7. The van der Waals surface area contributed by atoms with Crippen LogP contribution in [-0.4, -0.2) is 34.6 Å². The van der Waals surface area contributed by atoms with E-state index in [2.05, 4.69) is 42.9 Å². The number of thiazole rings is 1. The molecule has 2 atom stereocenters. The quantitative estimate of drug-likeness (QED) is 0.870. The Morgan fingerprint density at radius 2 is 2.20 bits per heavy atom. The van der Waals surface area contributed by atoms with Gasteiger partial charge in [0.25, 0.3) is 0 Å². The number of hydrogen-bond donors (Lipinski definition) is 1. The molecule has 0 spiro atoms. The summed E-state index contributed by atoms with van der Waals surface area (Å²) in [7, 11) is 0. The van der Waals surface area contributed by atoms with Gasteiger partial charge >= 0.3 is 0 Å². The van der Waals surface area contributed by atoms with Gasteiger partial charge in [-0.05, 0) is 18.8 Å². The van der Waals surface area contributed by atoms with E-state index in [9.17, 15) is 0 Å². The SMILES string of the molecule is CCC(C)C1CN(Cc2cncs2)C(CC)(CC)CN1. The van der Waals surface area contributed by atoms with Crippen molar-refractivity contribution >= 4 is 11.3 Å². The van der Waals surface area contributed by atoms with Crippen LogP contribution < -0.4 is 5.32 Å². The van der Waals surface area contributed by atoms with Gasteiger partial charge in [0.15, 0.2) is 0 Å². The minimum atomic E-state index is 0.313. The predicted molar refractivity (Wildman–Crippen MR) is 87.1 cm³/mol. The average Bonchev–Trinajstić information content (AvgIpc) is 2.99. The first-order chi connectivity index (χ1) is 9.65. The number of nitrogens with zero attached hydrogens (tertiary/aromatic N) is 2. The molecule has 20 heavy (non-hydrogen) atoms. The van der Waals surface area contributed by atoms with Crippen LogP contribution >= 0.6 is 11.3 Å². The maximum atomic E-state index is 4.23. The van der Waals surface area contributed by atoms with Crippen LogP contribution in [0.1, 0.15) is 51.8 Å². The Kier molecular flexibility index (Phi) is 5.58. The monoisotopic (exact) mass is 295 g/mol. The Balaban J connectivity index is 2.14. The Morgan fingerprint density at radius 3 is 2.75 bits per heavy atom. The highest BCUT2D eigenvalue weighted by Crippen LogP contribution is 2.31. The normalized spacial score (nSPS) is 24.7. The van der Waals surface area contributed by atoms with E-state index < -0.39 is 0 Å². The Labute approximate surface area is 127 Å². The van der Waals surface area contributed by atoms with E-state index in [4.69, 9.17) is 0 Å². The first-order valence-electron chi connectivity index (χ1n) is 8.01. The molecule has 1 N–H and O–H groups in total. The Morgan fingerprint density at radius 1 is 1.45 bits per heavy atom. The van der Waals surface area contributed by atoms with Crippen LogP contribution in [0.4, 0.5) is 0 Å². The van der Waals surface area contributed by atoms with Gasteiger partial charge in [0, 0.05) is 42.3 Å². The fourth-order valence-corrected chi connectivity index (χ4v) is 3.89. The molecular formula is C16H29N3S. The molecule has 0 aliphatic carbocycles. The minimum absolute atomic E-state index is 0.313. The predicted octanol–water partition coefficient (Wildman–Crippen LogP) is 3.52. The molecule has 1 aromatic rings. The molecule has 1 aliphatic heterocycles. The summed E-state index contributed by atoms with van der Waals surface area (Å²) >= 11 is 1.78. The topological polar surface area (TPSA) is 28.2 Å². The van der Waals surface area contributed by atoms with Gasteiger partial charge in [-0.1, -0.05) is 34.1 Å². The number of aromatic nitrogens is 1. The van der Waals surface area contributed by atoms with Crippen molar-refractivity contribution in [1.82, 2.24) is 15.2 Å². The number of nitrogens with one attached hydrogen (secondary N) is 1. The molecule has 1 aromatic heterocycles. The summed E-state index contributed by atoms with van der Waals surface area (Å²) in [6.07, 6.45) is 5.70. The first-order valence-corrected chi connectivity index (χ1v) is 8.89. The third-order valence-corrected chi connectivity index (χ3v) is 6.02. The van der Waals surface area contributed by atoms with Crippen molar-refractivity contribution in [2.45, 2.75) is 65.1 Å². The third-order valence-electron chi connectivity index (χ3n) is 5.26. The van der Waals surface area contributed by atoms with Crippen molar-refractivity contribution in [3.05, 3.63) is 16.6 Å². The summed E-state index contributed by atoms with van der Waals surface area (Å²) in [5.74, 6) is 0.741. The molecule has 4 heteroatoms. The van der Waals surface area contributed by atoms with Crippen molar-refractivity contribution in [3.8, 4) is 0 Å². The fourth-order valence-electron chi connectivity index (χ4n) is 3.28. The lowest BCUT2D eigenvalue weighted by Gasteiger charge is -2.50. The Bertz CT molecular complexity index is 386. The lowest BCUT2D eigenvalue weighted by molar-refractivity contribution is 0.0143. The van der Waals surface area contributed by atoms with Crippen LogP contribution in [-0.2, 0) is 6.54 Å². The van der Waals surface area contributed by atoms with E-state index >= 15 is 0 Å². The van der Waals surface area contributed by atoms with Crippen molar-refractivity contribution < 1.29 is 0 Å². The summed E-state index contributed by atoms with van der Waals surface area (Å²) in [6, 6.07) is 0.624. The first kappa shape index (κ1) is 15.9. The molecule has 0 radical (unpaired) electrons. The van der Waals surface area contributed by atoms with Gasteiger partial charge in [0.05, 0.1) is 5.51 Å². The average molecular weight is 295 g/mol. The van der Waals surface area contributed by atoms with Crippen molar-refractivity contribution in [2.75, 3.05) is 13.1 Å².